The van der Waals surface area contributed by atoms with Gasteiger partial charge in [0.15, 0.2) is 17.1 Å². The summed E-state index contributed by atoms with van der Waals surface area (Å²) in [7, 11) is 0. The highest BCUT2D eigenvalue weighted by Crippen LogP contribution is 2.44. The normalized spacial score (nSPS) is 14.4. The fraction of sp³-hybridized carbons (Fsp3) is 0.200. The van der Waals surface area contributed by atoms with Crippen LogP contribution < -0.4 is 5.32 Å². The van der Waals surface area contributed by atoms with Gasteiger partial charge in [-0.25, -0.2) is 4.98 Å². The minimum absolute atomic E-state index is 0.349. The number of phenolic OH excluding ortho intramolecular Hbond substituents is 3. The minimum Gasteiger partial charge on any atom is -0.504 e. The third kappa shape index (κ3) is 1.90. The van der Waals surface area contributed by atoms with Crippen LogP contribution in [0, 0.1) is 0 Å². The molecule has 2 aromatic heterocycles. The lowest BCUT2D eigenvalue weighted by Crippen LogP contribution is -2.05. The molecule has 0 bridgehead atoms. The standard InChI is InChI=1S/C15H14N4O3/c20-10-4-3-9(13(21)14(10)22)12-15(17-8-1-2-8)19-6-5-16-7-11(19)18-12/h3-8,17,20-22H,1-2H2. The molecule has 0 atom stereocenters. The van der Waals surface area contributed by atoms with E-state index < -0.39 is 11.5 Å². The lowest BCUT2D eigenvalue weighted by atomic mass is 10.1. The second-order valence-electron chi connectivity index (χ2n) is 5.36. The highest BCUT2D eigenvalue weighted by atomic mass is 16.3. The Morgan fingerprint density at radius 1 is 1.14 bits per heavy atom. The van der Waals surface area contributed by atoms with Gasteiger partial charge < -0.3 is 20.6 Å². The molecule has 0 amide bonds. The molecule has 7 heteroatoms. The first kappa shape index (κ1) is 12.8. The molecule has 1 aliphatic carbocycles. The van der Waals surface area contributed by atoms with Gasteiger partial charge in [-0.3, -0.25) is 9.38 Å². The van der Waals surface area contributed by atoms with Gasteiger partial charge in [-0.05, 0) is 25.0 Å². The van der Waals surface area contributed by atoms with Crippen LogP contribution in [0.1, 0.15) is 12.8 Å². The third-order valence-electron chi connectivity index (χ3n) is 3.73. The Bertz CT molecular complexity index is 871. The zero-order valence-electron chi connectivity index (χ0n) is 11.6. The maximum Gasteiger partial charge on any atom is 0.200 e. The summed E-state index contributed by atoms with van der Waals surface area (Å²) < 4.78 is 1.85. The Morgan fingerprint density at radius 3 is 2.73 bits per heavy atom. The molecule has 1 aromatic carbocycles. The molecule has 0 spiro atoms. The van der Waals surface area contributed by atoms with Gasteiger partial charge in [0.05, 0.1) is 6.20 Å². The molecule has 7 nitrogen and oxygen atoms in total. The Labute approximate surface area is 125 Å². The molecule has 1 saturated carbocycles. The summed E-state index contributed by atoms with van der Waals surface area (Å²) in [5.74, 6) is -0.580. The van der Waals surface area contributed by atoms with Gasteiger partial charge in [-0.1, -0.05) is 0 Å². The van der Waals surface area contributed by atoms with Crippen molar-refractivity contribution in [3.8, 4) is 28.5 Å². The van der Waals surface area contributed by atoms with E-state index in [1.54, 1.807) is 18.6 Å². The van der Waals surface area contributed by atoms with E-state index in [4.69, 9.17) is 0 Å². The summed E-state index contributed by atoms with van der Waals surface area (Å²) in [5, 5.41) is 32.7. The Hall–Kier alpha value is -2.96. The number of aromatic hydroxyl groups is 3. The van der Waals surface area contributed by atoms with Crippen molar-refractivity contribution in [1.29, 1.82) is 0 Å². The predicted octanol–water partition coefficient (Wildman–Crippen LogP) is 2.09. The number of nitrogens with one attached hydrogen (secondary N) is 1. The Balaban J connectivity index is 1.95. The van der Waals surface area contributed by atoms with E-state index in [0.29, 0.717) is 22.9 Å². The van der Waals surface area contributed by atoms with E-state index in [2.05, 4.69) is 15.3 Å². The quantitative estimate of drug-likeness (QED) is 0.552. The highest BCUT2D eigenvalue weighted by molar-refractivity contribution is 5.82. The van der Waals surface area contributed by atoms with Crippen LogP contribution >= 0.6 is 0 Å². The van der Waals surface area contributed by atoms with E-state index in [1.165, 1.54) is 12.1 Å². The van der Waals surface area contributed by atoms with Crippen molar-refractivity contribution >= 4 is 11.5 Å². The molecule has 4 N–H and O–H groups in total. The number of fused-ring (bicyclic) bond motifs is 1. The largest absolute Gasteiger partial charge is 0.504 e. The predicted molar refractivity (Wildman–Crippen MR) is 80.1 cm³/mol. The molecule has 0 saturated heterocycles. The fourth-order valence-electron chi connectivity index (χ4n) is 2.41. The molecule has 3 aromatic rings. The number of anilines is 1. The van der Waals surface area contributed by atoms with Crippen LogP contribution in [0.3, 0.4) is 0 Å². The van der Waals surface area contributed by atoms with Crippen LogP contribution in [0.2, 0.25) is 0 Å². The zero-order chi connectivity index (χ0) is 15.3. The van der Waals surface area contributed by atoms with Gasteiger partial charge in [0.2, 0.25) is 5.75 Å². The van der Waals surface area contributed by atoms with Gasteiger partial charge >= 0.3 is 0 Å². The van der Waals surface area contributed by atoms with Crippen LogP contribution in [-0.2, 0) is 0 Å². The van der Waals surface area contributed by atoms with Gasteiger partial charge in [0.1, 0.15) is 11.5 Å². The first-order valence-corrected chi connectivity index (χ1v) is 6.98. The highest BCUT2D eigenvalue weighted by Gasteiger charge is 2.26. The lowest BCUT2D eigenvalue weighted by Gasteiger charge is -2.09. The lowest BCUT2D eigenvalue weighted by molar-refractivity contribution is 0.369. The van der Waals surface area contributed by atoms with Gasteiger partial charge in [-0.2, -0.15) is 0 Å². The molecule has 2 heterocycles. The number of hydrogen-bond donors (Lipinski definition) is 4. The molecule has 0 unspecified atom stereocenters. The van der Waals surface area contributed by atoms with E-state index >= 15 is 0 Å². The molecule has 0 aliphatic heterocycles. The van der Waals surface area contributed by atoms with E-state index in [0.717, 1.165) is 18.7 Å². The van der Waals surface area contributed by atoms with Crippen molar-refractivity contribution in [2.75, 3.05) is 5.32 Å². The monoisotopic (exact) mass is 298 g/mol. The molecule has 1 fully saturated rings. The molecule has 1 aliphatic rings. The number of rotatable bonds is 3. The van der Waals surface area contributed by atoms with Gasteiger partial charge in [-0.15, -0.1) is 0 Å². The SMILES string of the molecule is Oc1ccc(-c2nc3cnccn3c2NC2CC2)c(O)c1O. The average molecular weight is 298 g/mol. The topological polar surface area (TPSA) is 103 Å². The summed E-state index contributed by atoms with van der Waals surface area (Å²) in [6, 6.07) is 3.24. The molecule has 4 rings (SSSR count). The first-order valence-electron chi connectivity index (χ1n) is 6.98. The number of nitrogens with zero attached hydrogens (tertiary/aromatic N) is 3. The fourth-order valence-corrected chi connectivity index (χ4v) is 2.41. The smallest absolute Gasteiger partial charge is 0.200 e. The van der Waals surface area contributed by atoms with Crippen molar-refractivity contribution in [2.24, 2.45) is 0 Å². The Kier molecular flexibility index (Phi) is 2.62. The van der Waals surface area contributed by atoms with E-state index in [9.17, 15) is 15.3 Å². The van der Waals surface area contributed by atoms with Crippen molar-refractivity contribution in [2.45, 2.75) is 18.9 Å². The van der Waals surface area contributed by atoms with Crippen molar-refractivity contribution in [3.05, 3.63) is 30.7 Å². The third-order valence-corrected chi connectivity index (χ3v) is 3.73. The first-order chi connectivity index (χ1) is 10.6. The van der Waals surface area contributed by atoms with Crippen LogP contribution in [0.4, 0.5) is 5.82 Å². The van der Waals surface area contributed by atoms with E-state index in [1.807, 2.05) is 4.40 Å². The number of imidazole rings is 1. The summed E-state index contributed by atoms with van der Waals surface area (Å²) in [6.45, 7) is 0. The number of aromatic nitrogens is 3. The van der Waals surface area contributed by atoms with Gasteiger partial charge in [0, 0.05) is 24.0 Å². The van der Waals surface area contributed by atoms with Crippen molar-refractivity contribution in [3.63, 3.8) is 0 Å². The average Bonchev–Trinajstić information content (AvgIpc) is 3.27. The number of benzene rings is 1. The van der Waals surface area contributed by atoms with Gasteiger partial charge in [0.25, 0.3) is 0 Å². The van der Waals surface area contributed by atoms with Crippen LogP contribution in [-0.4, -0.2) is 35.7 Å². The summed E-state index contributed by atoms with van der Waals surface area (Å²) in [6.07, 6.45) is 7.24. The molecular weight excluding hydrogens is 284 g/mol. The maximum absolute atomic E-state index is 10.1. The molecular formula is C15H14N4O3. The van der Waals surface area contributed by atoms with Crippen LogP contribution in [0.5, 0.6) is 17.2 Å². The molecule has 22 heavy (non-hydrogen) atoms. The number of phenols is 3. The van der Waals surface area contributed by atoms with Crippen LogP contribution in [0.15, 0.2) is 30.7 Å². The zero-order valence-corrected chi connectivity index (χ0v) is 11.6. The van der Waals surface area contributed by atoms with E-state index in [-0.39, 0.29) is 5.75 Å². The second kappa shape index (κ2) is 4.52. The minimum atomic E-state index is -0.551. The summed E-state index contributed by atoms with van der Waals surface area (Å²) in [4.78, 5) is 8.53. The summed E-state index contributed by atoms with van der Waals surface area (Å²) in [5.41, 5.74) is 1.49. The van der Waals surface area contributed by atoms with Crippen molar-refractivity contribution < 1.29 is 15.3 Å². The maximum atomic E-state index is 10.1. The van der Waals surface area contributed by atoms with Crippen molar-refractivity contribution in [1.82, 2.24) is 14.4 Å². The second-order valence-corrected chi connectivity index (χ2v) is 5.36. The number of hydrogen-bond acceptors (Lipinski definition) is 6. The molecule has 0 radical (unpaired) electrons. The molecule has 112 valence electrons. The van der Waals surface area contributed by atoms with Crippen LogP contribution in [0.25, 0.3) is 16.9 Å². The Morgan fingerprint density at radius 2 is 1.95 bits per heavy atom. The summed E-state index contributed by atoms with van der Waals surface area (Å²) >= 11 is 0.